The summed E-state index contributed by atoms with van der Waals surface area (Å²) in [6.45, 7) is 8.64. The van der Waals surface area contributed by atoms with Gasteiger partial charge in [-0.3, -0.25) is 4.79 Å². The molecule has 1 amide bonds. The second-order valence-electron chi connectivity index (χ2n) is 6.58. The highest BCUT2D eigenvalue weighted by molar-refractivity contribution is 8.00. The SMILES string of the molecule is CCCCOC(=O)[C@H]1CS[C@H](C(C)C)N1C(=O)c1ccc(C)cc1. The number of thioether (sulfide) groups is 1. The van der Waals surface area contributed by atoms with E-state index in [2.05, 4.69) is 20.8 Å². The molecule has 5 heteroatoms. The number of aryl methyl sites for hydroxylation is 1. The molecule has 0 N–H and O–H groups in total. The Morgan fingerprint density at radius 1 is 1.29 bits per heavy atom. The van der Waals surface area contributed by atoms with E-state index in [1.807, 2.05) is 31.2 Å². The Morgan fingerprint density at radius 3 is 2.54 bits per heavy atom. The van der Waals surface area contributed by atoms with Crippen molar-refractivity contribution in [1.29, 1.82) is 0 Å². The highest BCUT2D eigenvalue weighted by atomic mass is 32.2. The van der Waals surface area contributed by atoms with Gasteiger partial charge in [-0.1, -0.05) is 44.9 Å². The van der Waals surface area contributed by atoms with E-state index in [-0.39, 0.29) is 23.2 Å². The fraction of sp³-hybridized carbons (Fsp3) is 0.579. The predicted octanol–water partition coefficient (Wildman–Crippen LogP) is 3.88. The van der Waals surface area contributed by atoms with Gasteiger partial charge in [-0.25, -0.2) is 4.79 Å². The fourth-order valence-corrected chi connectivity index (χ4v) is 4.20. The molecular weight excluding hydrogens is 322 g/mol. The maximum absolute atomic E-state index is 13.0. The van der Waals surface area contributed by atoms with Crippen LogP contribution in [-0.2, 0) is 9.53 Å². The molecule has 0 unspecified atom stereocenters. The number of ether oxygens (including phenoxy) is 1. The second kappa shape index (κ2) is 8.56. The summed E-state index contributed by atoms with van der Waals surface area (Å²) in [5.41, 5.74) is 1.73. The number of hydrogen-bond acceptors (Lipinski definition) is 4. The lowest BCUT2D eigenvalue weighted by atomic mass is 10.1. The molecule has 2 atom stereocenters. The Hall–Kier alpha value is -1.49. The van der Waals surface area contributed by atoms with Gasteiger partial charge in [-0.05, 0) is 31.4 Å². The zero-order valence-corrected chi connectivity index (χ0v) is 15.8. The third kappa shape index (κ3) is 4.32. The van der Waals surface area contributed by atoms with Crippen molar-refractivity contribution in [2.75, 3.05) is 12.4 Å². The van der Waals surface area contributed by atoms with Crippen molar-refractivity contribution < 1.29 is 14.3 Å². The third-order valence-electron chi connectivity index (χ3n) is 4.15. The molecule has 1 heterocycles. The van der Waals surface area contributed by atoms with Crippen LogP contribution in [-0.4, -0.2) is 40.6 Å². The largest absolute Gasteiger partial charge is 0.464 e. The van der Waals surface area contributed by atoms with Gasteiger partial charge in [0, 0.05) is 11.3 Å². The van der Waals surface area contributed by atoms with Crippen molar-refractivity contribution >= 4 is 23.6 Å². The summed E-state index contributed by atoms with van der Waals surface area (Å²) in [5.74, 6) is 0.513. The van der Waals surface area contributed by atoms with E-state index in [1.54, 1.807) is 16.7 Å². The molecule has 1 aromatic rings. The van der Waals surface area contributed by atoms with Crippen molar-refractivity contribution in [2.24, 2.45) is 5.92 Å². The summed E-state index contributed by atoms with van der Waals surface area (Å²) in [7, 11) is 0. The van der Waals surface area contributed by atoms with E-state index in [0.717, 1.165) is 18.4 Å². The summed E-state index contributed by atoms with van der Waals surface area (Å²) in [5, 5.41) is 0.00234. The molecule has 1 fully saturated rings. The van der Waals surface area contributed by atoms with E-state index in [1.165, 1.54) is 0 Å². The van der Waals surface area contributed by atoms with Crippen LogP contribution < -0.4 is 0 Å². The smallest absolute Gasteiger partial charge is 0.329 e. The Labute approximate surface area is 148 Å². The quantitative estimate of drug-likeness (QED) is 0.578. The number of carbonyl (C=O) groups excluding carboxylic acids is 2. The van der Waals surface area contributed by atoms with E-state index in [0.29, 0.717) is 17.9 Å². The van der Waals surface area contributed by atoms with Gasteiger partial charge < -0.3 is 9.64 Å². The number of nitrogens with zero attached hydrogens (tertiary/aromatic N) is 1. The van der Waals surface area contributed by atoms with Crippen molar-refractivity contribution in [2.45, 2.75) is 52.0 Å². The molecule has 0 saturated carbocycles. The number of unbranched alkanes of at least 4 members (excludes halogenated alkanes) is 1. The minimum atomic E-state index is -0.493. The molecule has 2 rings (SSSR count). The number of rotatable bonds is 6. The summed E-state index contributed by atoms with van der Waals surface area (Å²) in [4.78, 5) is 27.2. The van der Waals surface area contributed by atoms with Crippen LogP contribution in [0.5, 0.6) is 0 Å². The number of hydrogen-bond donors (Lipinski definition) is 0. The van der Waals surface area contributed by atoms with Gasteiger partial charge in [0.25, 0.3) is 5.91 Å². The van der Waals surface area contributed by atoms with Crippen molar-refractivity contribution in [3.8, 4) is 0 Å². The summed E-state index contributed by atoms with van der Waals surface area (Å²) in [6, 6.07) is 7.02. The molecule has 24 heavy (non-hydrogen) atoms. The van der Waals surface area contributed by atoms with Gasteiger partial charge in [0.05, 0.1) is 12.0 Å². The zero-order chi connectivity index (χ0) is 17.7. The molecule has 1 aliphatic rings. The topological polar surface area (TPSA) is 46.6 Å². The van der Waals surface area contributed by atoms with Crippen LogP contribution in [0.1, 0.15) is 49.5 Å². The highest BCUT2D eigenvalue weighted by Crippen LogP contribution is 2.35. The maximum atomic E-state index is 13.0. The summed E-state index contributed by atoms with van der Waals surface area (Å²) in [6.07, 6.45) is 1.83. The van der Waals surface area contributed by atoms with Crippen LogP contribution in [0.4, 0.5) is 0 Å². The first-order valence-corrected chi connectivity index (χ1v) is 9.68. The average Bonchev–Trinajstić information content (AvgIpc) is 3.00. The Bertz CT molecular complexity index is 570. The first-order chi connectivity index (χ1) is 11.5. The Balaban J connectivity index is 2.19. The van der Waals surface area contributed by atoms with Gasteiger partial charge in [0.2, 0.25) is 0 Å². The first-order valence-electron chi connectivity index (χ1n) is 8.63. The standard InChI is InChI=1S/C19H27NO3S/c1-5-6-11-23-19(22)16-12-24-18(13(2)3)20(16)17(21)15-9-7-14(4)8-10-15/h7-10,13,16,18H,5-6,11-12H2,1-4H3/t16-,18-/m1/s1. The number of benzene rings is 1. The second-order valence-corrected chi connectivity index (χ2v) is 7.73. The van der Waals surface area contributed by atoms with Gasteiger partial charge in [0.15, 0.2) is 0 Å². The van der Waals surface area contributed by atoms with Crippen LogP contribution >= 0.6 is 11.8 Å². The number of esters is 1. The van der Waals surface area contributed by atoms with Crippen LogP contribution in [0.2, 0.25) is 0 Å². The van der Waals surface area contributed by atoms with Gasteiger partial charge in [-0.2, -0.15) is 0 Å². The van der Waals surface area contributed by atoms with Crippen molar-refractivity contribution in [1.82, 2.24) is 4.90 Å². The monoisotopic (exact) mass is 349 g/mol. The lowest BCUT2D eigenvalue weighted by molar-refractivity contribution is -0.148. The number of carbonyl (C=O) groups is 2. The van der Waals surface area contributed by atoms with E-state index < -0.39 is 6.04 Å². The Morgan fingerprint density at radius 2 is 1.96 bits per heavy atom. The lowest BCUT2D eigenvalue weighted by Gasteiger charge is -2.30. The Kier molecular flexibility index (Phi) is 6.72. The van der Waals surface area contributed by atoms with Gasteiger partial charge >= 0.3 is 5.97 Å². The molecule has 0 aliphatic carbocycles. The average molecular weight is 349 g/mol. The van der Waals surface area contributed by atoms with E-state index >= 15 is 0 Å². The molecule has 0 aromatic heterocycles. The summed E-state index contributed by atoms with van der Waals surface area (Å²) < 4.78 is 5.38. The van der Waals surface area contributed by atoms with Crippen LogP contribution in [0.3, 0.4) is 0 Å². The fourth-order valence-electron chi connectivity index (χ4n) is 2.74. The maximum Gasteiger partial charge on any atom is 0.329 e. The minimum Gasteiger partial charge on any atom is -0.464 e. The summed E-state index contributed by atoms with van der Waals surface area (Å²) >= 11 is 1.66. The minimum absolute atomic E-state index is 0.00234. The molecule has 1 aliphatic heterocycles. The third-order valence-corrected chi connectivity index (χ3v) is 5.77. The molecule has 1 saturated heterocycles. The molecule has 0 spiro atoms. The van der Waals surface area contributed by atoms with Crippen LogP contribution in [0, 0.1) is 12.8 Å². The van der Waals surface area contributed by atoms with Gasteiger partial charge in [-0.15, -0.1) is 11.8 Å². The first kappa shape index (κ1) is 18.8. The van der Waals surface area contributed by atoms with Crippen LogP contribution in [0.15, 0.2) is 24.3 Å². The van der Waals surface area contributed by atoms with Crippen molar-refractivity contribution in [3.63, 3.8) is 0 Å². The molecular formula is C19H27NO3S. The normalized spacial score (nSPS) is 20.5. The zero-order valence-electron chi connectivity index (χ0n) is 15.0. The molecule has 4 nitrogen and oxygen atoms in total. The molecule has 0 radical (unpaired) electrons. The molecule has 1 aromatic carbocycles. The van der Waals surface area contributed by atoms with Gasteiger partial charge in [0.1, 0.15) is 6.04 Å². The van der Waals surface area contributed by atoms with Crippen LogP contribution in [0.25, 0.3) is 0 Å². The predicted molar refractivity (Wildman–Crippen MR) is 98.1 cm³/mol. The number of amides is 1. The van der Waals surface area contributed by atoms with E-state index in [9.17, 15) is 9.59 Å². The lowest BCUT2D eigenvalue weighted by Crippen LogP contribution is -2.47. The molecule has 0 bridgehead atoms. The molecule has 132 valence electrons. The highest BCUT2D eigenvalue weighted by Gasteiger charge is 2.43. The van der Waals surface area contributed by atoms with E-state index in [4.69, 9.17) is 4.74 Å². The van der Waals surface area contributed by atoms with Crippen molar-refractivity contribution in [3.05, 3.63) is 35.4 Å².